The molecule has 1 aromatic rings. The Kier molecular flexibility index (Phi) is 3.09. The average molecular weight is 236 g/mol. The minimum atomic E-state index is -0.435. The third-order valence-electron chi connectivity index (χ3n) is 3.73. The lowest BCUT2D eigenvalue weighted by molar-refractivity contribution is 0.340. The molecule has 0 spiro atoms. The van der Waals surface area contributed by atoms with Gasteiger partial charge in [-0.1, -0.05) is 55.3 Å². The number of halogens is 1. The van der Waals surface area contributed by atoms with Gasteiger partial charge in [0.15, 0.2) is 0 Å². The summed E-state index contributed by atoms with van der Waals surface area (Å²) in [5.74, 6) is 0.482. The summed E-state index contributed by atoms with van der Waals surface area (Å²) in [6.45, 7) is 6.38. The molecule has 0 heterocycles. The highest BCUT2D eigenvalue weighted by molar-refractivity contribution is 6.31. The van der Waals surface area contributed by atoms with Crippen LogP contribution in [0.15, 0.2) is 36.4 Å². The van der Waals surface area contributed by atoms with Crippen LogP contribution in [0.5, 0.6) is 0 Å². The lowest BCUT2D eigenvalue weighted by Gasteiger charge is -2.40. The molecule has 2 heteroatoms. The third kappa shape index (κ3) is 1.79. The van der Waals surface area contributed by atoms with Gasteiger partial charge in [0.2, 0.25) is 0 Å². The van der Waals surface area contributed by atoms with Gasteiger partial charge in [0.25, 0.3) is 0 Å². The largest absolute Gasteiger partial charge is 0.318 e. The fraction of sp³-hybridized carbons (Fsp3) is 0.429. The average Bonchev–Trinajstić information content (AvgIpc) is 2.26. The van der Waals surface area contributed by atoms with Crippen molar-refractivity contribution < 1.29 is 0 Å². The molecule has 2 unspecified atom stereocenters. The second-order valence-electron chi connectivity index (χ2n) is 4.77. The molecule has 0 bridgehead atoms. The summed E-state index contributed by atoms with van der Waals surface area (Å²) < 4.78 is 0. The molecule has 0 saturated heterocycles. The normalized spacial score (nSPS) is 30.4. The maximum atomic E-state index is 6.53. The van der Waals surface area contributed by atoms with E-state index in [9.17, 15) is 0 Å². The highest BCUT2D eigenvalue weighted by atomic mass is 35.5. The maximum Gasteiger partial charge on any atom is 0.0639 e. The van der Waals surface area contributed by atoms with Gasteiger partial charge in [-0.15, -0.1) is 0 Å². The molecule has 0 radical (unpaired) electrons. The Labute approximate surface area is 102 Å². The van der Waals surface area contributed by atoms with E-state index in [1.807, 2.05) is 24.3 Å². The van der Waals surface area contributed by atoms with Crippen molar-refractivity contribution in [3.63, 3.8) is 0 Å². The van der Waals surface area contributed by atoms with Gasteiger partial charge in [0.1, 0.15) is 0 Å². The van der Waals surface area contributed by atoms with E-state index in [0.717, 1.165) is 29.0 Å². The number of rotatable bonds is 1. The number of hydrogen-bond acceptors (Lipinski definition) is 1. The molecule has 1 saturated carbocycles. The molecule has 2 rings (SSSR count). The van der Waals surface area contributed by atoms with Crippen LogP contribution in [0.25, 0.3) is 0 Å². The quantitative estimate of drug-likeness (QED) is 0.735. The zero-order valence-corrected chi connectivity index (χ0v) is 10.4. The molecule has 2 N–H and O–H groups in total. The number of benzene rings is 1. The second-order valence-corrected chi connectivity index (χ2v) is 5.18. The van der Waals surface area contributed by atoms with Crippen molar-refractivity contribution in [2.24, 2.45) is 11.7 Å². The first kappa shape index (κ1) is 11.7. The molecule has 0 aliphatic heterocycles. The molecule has 2 atom stereocenters. The smallest absolute Gasteiger partial charge is 0.0639 e. The van der Waals surface area contributed by atoms with Gasteiger partial charge in [-0.05, 0) is 30.4 Å². The predicted molar refractivity (Wildman–Crippen MR) is 69.5 cm³/mol. The van der Waals surface area contributed by atoms with Crippen LogP contribution in [-0.4, -0.2) is 0 Å². The van der Waals surface area contributed by atoms with Gasteiger partial charge in [0.05, 0.1) is 5.54 Å². The molecule has 16 heavy (non-hydrogen) atoms. The Morgan fingerprint density at radius 1 is 1.44 bits per heavy atom. The molecule has 86 valence electrons. The van der Waals surface area contributed by atoms with Crippen LogP contribution in [-0.2, 0) is 5.54 Å². The van der Waals surface area contributed by atoms with E-state index in [0.29, 0.717) is 5.92 Å². The van der Waals surface area contributed by atoms with Crippen molar-refractivity contribution in [2.75, 3.05) is 0 Å². The van der Waals surface area contributed by atoms with Crippen LogP contribution >= 0.6 is 11.6 Å². The van der Waals surface area contributed by atoms with E-state index >= 15 is 0 Å². The van der Waals surface area contributed by atoms with E-state index in [2.05, 4.69) is 13.5 Å². The van der Waals surface area contributed by atoms with Crippen molar-refractivity contribution in [1.82, 2.24) is 0 Å². The highest BCUT2D eigenvalue weighted by Gasteiger charge is 2.37. The summed E-state index contributed by atoms with van der Waals surface area (Å²) >= 11 is 6.24. The van der Waals surface area contributed by atoms with Crippen LogP contribution < -0.4 is 5.73 Å². The summed E-state index contributed by atoms with van der Waals surface area (Å²) in [6, 6.07) is 7.84. The maximum absolute atomic E-state index is 6.53. The molecule has 1 aliphatic rings. The zero-order chi connectivity index (χ0) is 11.8. The molecule has 1 aliphatic carbocycles. The molecule has 1 aromatic carbocycles. The Balaban J connectivity index is 2.45. The monoisotopic (exact) mass is 235 g/mol. The second kappa shape index (κ2) is 4.23. The van der Waals surface area contributed by atoms with E-state index in [1.165, 1.54) is 6.42 Å². The van der Waals surface area contributed by atoms with Crippen molar-refractivity contribution in [1.29, 1.82) is 0 Å². The summed E-state index contributed by atoms with van der Waals surface area (Å²) in [6.07, 6.45) is 3.27. The molecule has 1 nitrogen and oxygen atoms in total. The Morgan fingerprint density at radius 2 is 2.12 bits per heavy atom. The lowest BCUT2D eigenvalue weighted by atomic mass is 9.70. The summed E-state index contributed by atoms with van der Waals surface area (Å²) in [7, 11) is 0. The van der Waals surface area contributed by atoms with Crippen molar-refractivity contribution in [3.8, 4) is 0 Å². The minimum Gasteiger partial charge on any atom is -0.318 e. The summed E-state index contributed by atoms with van der Waals surface area (Å²) in [5, 5.41) is 0.750. The highest BCUT2D eigenvalue weighted by Crippen LogP contribution is 2.43. The van der Waals surface area contributed by atoms with Crippen molar-refractivity contribution >= 4 is 11.6 Å². The first-order valence-electron chi connectivity index (χ1n) is 5.79. The SMILES string of the molecule is C=C1C(C)CCCC1(N)c1ccccc1Cl. The first-order chi connectivity index (χ1) is 7.55. The lowest BCUT2D eigenvalue weighted by Crippen LogP contribution is -2.43. The van der Waals surface area contributed by atoms with Crippen LogP contribution in [0.4, 0.5) is 0 Å². The standard InChI is InChI=1S/C14H18ClN/c1-10-6-5-9-14(16,11(10)2)12-7-3-4-8-13(12)15/h3-4,7-8,10H,2,5-6,9,16H2,1H3. The molecular formula is C14H18ClN. The Bertz CT molecular complexity index is 413. The van der Waals surface area contributed by atoms with Crippen LogP contribution in [0.1, 0.15) is 31.7 Å². The van der Waals surface area contributed by atoms with Gasteiger partial charge in [0, 0.05) is 5.02 Å². The van der Waals surface area contributed by atoms with Crippen LogP contribution in [0.3, 0.4) is 0 Å². The van der Waals surface area contributed by atoms with Crippen molar-refractivity contribution in [2.45, 2.75) is 31.7 Å². The van der Waals surface area contributed by atoms with E-state index in [4.69, 9.17) is 17.3 Å². The minimum absolute atomic E-state index is 0.435. The Hall–Kier alpha value is -0.790. The zero-order valence-electron chi connectivity index (χ0n) is 9.67. The summed E-state index contributed by atoms with van der Waals surface area (Å²) in [5.41, 5.74) is 8.24. The predicted octanol–water partition coefficient (Wildman–Crippen LogP) is 3.87. The third-order valence-corrected chi connectivity index (χ3v) is 4.06. The Morgan fingerprint density at radius 3 is 2.81 bits per heavy atom. The van der Waals surface area contributed by atoms with Gasteiger partial charge in [-0.2, -0.15) is 0 Å². The number of nitrogens with two attached hydrogens (primary N) is 1. The topological polar surface area (TPSA) is 26.0 Å². The first-order valence-corrected chi connectivity index (χ1v) is 6.16. The summed E-state index contributed by atoms with van der Waals surface area (Å²) in [4.78, 5) is 0. The number of hydrogen-bond donors (Lipinski definition) is 1. The van der Waals surface area contributed by atoms with E-state index in [1.54, 1.807) is 0 Å². The molecule has 0 aromatic heterocycles. The fourth-order valence-corrected chi connectivity index (χ4v) is 2.90. The van der Waals surface area contributed by atoms with E-state index < -0.39 is 5.54 Å². The molecule has 0 amide bonds. The van der Waals surface area contributed by atoms with E-state index in [-0.39, 0.29) is 0 Å². The van der Waals surface area contributed by atoms with Crippen LogP contribution in [0, 0.1) is 5.92 Å². The van der Waals surface area contributed by atoms with Gasteiger partial charge >= 0.3 is 0 Å². The van der Waals surface area contributed by atoms with Crippen molar-refractivity contribution in [3.05, 3.63) is 47.0 Å². The van der Waals surface area contributed by atoms with Gasteiger partial charge in [-0.25, -0.2) is 0 Å². The van der Waals surface area contributed by atoms with Gasteiger partial charge in [-0.3, -0.25) is 0 Å². The fourth-order valence-electron chi connectivity index (χ4n) is 2.59. The van der Waals surface area contributed by atoms with Crippen LogP contribution in [0.2, 0.25) is 5.02 Å². The van der Waals surface area contributed by atoms with Gasteiger partial charge < -0.3 is 5.73 Å². The molecular weight excluding hydrogens is 218 g/mol. The molecule has 1 fully saturated rings.